The molecule has 5 heteroatoms. The highest BCUT2D eigenvalue weighted by molar-refractivity contribution is 5.75. The van der Waals surface area contributed by atoms with Gasteiger partial charge in [0, 0.05) is 23.2 Å². The van der Waals surface area contributed by atoms with Gasteiger partial charge in [-0.1, -0.05) is 24.3 Å². The number of methoxy groups -OCH3 is 1. The molecule has 1 aliphatic carbocycles. The van der Waals surface area contributed by atoms with Crippen LogP contribution in [0.1, 0.15) is 17.5 Å². The van der Waals surface area contributed by atoms with Gasteiger partial charge in [-0.3, -0.25) is 0 Å². The van der Waals surface area contributed by atoms with Crippen molar-refractivity contribution in [2.45, 2.75) is 19.3 Å². The number of aryl methyl sites for hydroxylation is 1. The number of rotatable bonds is 5. The number of fused-ring (bicyclic) bond motifs is 3. The lowest BCUT2D eigenvalue weighted by atomic mass is 10.0. The van der Waals surface area contributed by atoms with Crippen molar-refractivity contribution in [2.24, 2.45) is 0 Å². The van der Waals surface area contributed by atoms with Gasteiger partial charge in [0.1, 0.15) is 11.6 Å². The van der Waals surface area contributed by atoms with Crippen LogP contribution in [0.25, 0.3) is 22.6 Å². The van der Waals surface area contributed by atoms with Crippen molar-refractivity contribution in [3.63, 3.8) is 0 Å². The molecule has 1 aromatic heterocycles. The third-order valence-corrected chi connectivity index (χ3v) is 4.90. The summed E-state index contributed by atoms with van der Waals surface area (Å²) in [5.74, 6) is 2.29. The molecule has 0 unspecified atom stereocenters. The molecule has 0 radical (unpaired) electrons. The summed E-state index contributed by atoms with van der Waals surface area (Å²) in [6, 6.07) is 16.2. The van der Waals surface area contributed by atoms with E-state index in [0.29, 0.717) is 12.4 Å². The lowest BCUT2D eigenvalue weighted by Gasteiger charge is -2.16. The SMILES string of the molecule is COc1ccc(-c2nc(NCCO)c3c(n2)-c2ccccc2CCC3)cc1. The maximum atomic E-state index is 9.27. The van der Waals surface area contributed by atoms with Crippen molar-refractivity contribution in [1.82, 2.24) is 9.97 Å². The Morgan fingerprint density at radius 1 is 1.04 bits per heavy atom. The summed E-state index contributed by atoms with van der Waals surface area (Å²) in [7, 11) is 1.65. The molecule has 0 fully saturated rings. The van der Waals surface area contributed by atoms with E-state index < -0.39 is 0 Å². The molecule has 27 heavy (non-hydrogen) atoms. The quantitative estimate of drug-likeness (QED) is 0.725. The van der Waals surface area contributed by atoms with Gasteiger partial charge in [-0.2, -0.15) is 0 Å². The van der Waals surface area contributed by atoms with Crippen LogP contribution in [0.5, 0.6) is 5.75 Å². The number of aliphatic hydroxyl groups excluding tert-OH is 1. The van der Waals surface area contributed by atoms with Gasteiger partial charge in [0.25, 0.3) is 0 Å². The molecule has 0 aliphatic heterocycles. The number of hydrogen-bond acceptors (Lipinski definition) is 5. The third kappa shape index (κ3) is 3.51. The van der Waals surface area contributed by atoms with Gasteiger partial charge in [0.15, 0.2) is 5.82 Å². The first-order valence-electron chi connectivity index (χ1n) is 9.28. The first-order chi connectivity index (χ1) is 13.3. The minimum atomic E-state index is 0.0627. The maximum Gasteiger partial charge on any atom is 0.162 e. The standard InChI is InChI=1S/C22H23N3O2/c1-27-17-11-9-16(10-12-17)21-24-20-18-7-3-2-5-15(18)6-4-8-19(20)22(25-21)23-13-14-26/h2-3,5,7,9-12,26H,4,6,8,13-14H2,1H3,(H,23,24,25). The molecule has 4 rings (SSSR count). The van der Waals surface area contributed by atoms with Gasteiger partial charge in [0.05, 0.1) is 19.4 Å². The molecule has 1 heterocycles. The minimum absolute atomic E-state index is 0.0627. The number of hydrogen-bond donors (Lipinski definition) is 2. The highest BCUT2D eigenvalue weighted by Gasteiger charge is 2.21. The number of anilines is 1. The fourth-order valence-electron chi connectivity index (χ4n) is 3.56. The average Bonchev–Trinajstić information content (AvgIpc) is 2.91. The van der Waals surface area contributed by atoms with E-state index in [1.165, 1.54) is 11.1 Å². The van der Waals surface area contributed by atoms with Crippen molar-refractivity contribution < 1.29 is 9.84 Å². The monoisotopic (exact) mass is 361 g/mol. The first-order valence-corrected chi connectivity index (χ1v) is 9.28. The number of aromatic nitrogens is 2. The van der Waals surface area contributed by atoms with E-state index in [1.54, 1.807) is 7.11 Å². The first kappa shape index (κ1) is 17.5. The Labute approximate surface area is 159 Å². The number of benzene rings is 2. The Hall–Kier alpha value is -2.92. The van der Waals surface area contributed by atoms with Gasteiger partial charge in [-0.05, 0) is 49.1 Å². The summed E-state index contributed by atoms with van der Waals surface area (Å²) >= 11 is 0. The molecule has 138 valence electrons. The van der Waals surface area contributed by atoms with Gasteiger partial charge in [-0.15, -0.1) is 0 Å². The molecule has 0 bridgehead atoms. The molecule has 5 nitrogen and oxygen atoms in total. The predicted octanol–water partition coefficient (Wildman–Crippen LogP) is 3.71. The summed E-state index contributed by atoms with van der Waals surface area (Å²) in [5.41, 5.74) is 5.56. The number of aliphatic hydroxyl groups is 1. The normalized spacial score (nSPS) is 12.7. The van der Waals surface area contributed by atoms with Crippen LogP contribution in [0.2, 0.25) is 0 Å². The van der Waals surface area contributed by atoms with Crippen molar-refractivity contribution in [2.75, 3.05) is 25.6 Å². The van der Waals surface area contributed by atoms with E-state index in [2.05, 4.69) is 29.6 Å². The number of nitrogens with one attached hydrogen (secondary N) is 1. The van der Waals surface area contributed by atoms with Crippen LogP contribution in [-0.4, -0.2) is 35.3 Å². The van der Waals surface area contributed by atoms with E-state index in [-0.39, 0.29) is 6.61 Å². The molecule has 2 N–H and O–H groups in total. The second-order valence-electron chi connectivity index (χ2n) is 6.61. The van der Waals surface area contributed by atoms with Gasteiger partial charge < -0.3 is 15.2 Å². The van der Waals surface area contributed by atoms with E-state index in [0.717, 1.165) is 47.7 Å². The Bertz CT molecular complexity index is 939. The summed E-state index contributed by atoms with van der Waals surface area (Å²) in [6.45, 7) is 0.528. The fourth-order valence-corrected chi connectivity index (χ4v) is 3.56. The van der Waals surface area contributed by atoms with E-state index in [1.807, 2.05) is 24.3 Å². The minimum Gasteiger partial charge on any atom is -0.497 e. The maximum absolute atomic E-state index is 9.27. The van der Waals surface area contributed by atoms with Crippen LogP contribution in [0.3, 0.4) is 0 Å². The molecule has 0 saturated heterocycles. The topological polar surface area (TPSA) is 67.3 Å². The zero-order valence-corrected chi connectivity index (χ0v) is 15.4. The second kappa shape index (κ2) is 7.76. The van der Waals surface area contributed by atoms with Crippen LogP contribution >= 0.6 is 0 Å². The van der Waals surface area contributed by atoms with Crippen LogP contribution in [-0.2, 0) is 12.8 Å². The van der Waals surface area contributed by atoms with Crippen molar-refractivity contribution in [3.8, 4) is 28.4 Å². The average molecular weight is 361 g/mol. The smallest absolute Gasteiger partial charge is 0.162 e. The molecule has 0 saturated carbocycles. The molecule has 2 aromatic carbocycles. The Morgan fingerprint density at radius 3 is 2.63 bits per heavy atom. The highest BCUT2D eigenvalue weighted by atomic mass is 16.5. The molecule has 1 aliphatic rings. The van der Waals surface area contributed by atoms with Gasteiger partial charge >= 0.3 is 0 Å². The van der Waals surface area contributed by atoms with Crippen LogP contribution in [0, 0.1) is 0 Å². The molecule has 0 atom stereocenters. The van der Waals surface area contributed by atoms with Crippen LogP contribution in [0.4, 0.5) is 5.82 Å². The van der Waals surface area contributed by atoms with Crippen LogP contribution in [0.15, 0.2) is 48.5 Å². The van der Waals surface area contributed by atoms with E-state index in [4.69, 9.17) is 14.7 Å². The zero-order chi connectivity index (χ0) is 18.6. The molecule has 0 spiro atoms. The molecule has 3 aromatic rings. The Morgan fingerprint density at radius 2 is 1.85 bits per heavy atom. The summed E-state index contributed by atoms with van der Waals surface area (Å²) in [5, 5.41) is 12.6. The van der Waals surface area contributed by atoms with Crippen molar-refractivity contribution >= 4 is 5.82 Å². The summed E-state index contributed by atoms with van der Waals surface area (Å²) in [4.78, 5) is 9.74. The lowest BCUT2D eigenvalue weighted by Crippen LogP contribution is -2.12. The van der Waals surface area contributed by atoms with Crippen LogP contribution < -0.4 is 10.1 Å². The second-order valence-corrected chi connectivity index (χ2v) is 6.61. The fraction of sp³-hybridized carbons (Fsp3) is 0.273. The highest BCUT2D eigenvalue weighted by Crippen LogP contribution is 2.35. The van der Waals surface area contributed by atoms with Gasteiger partial charge in [-0.25, -0.2) is 9.97 Å². The summed E-state index contributed by atoms with van der Waals surface area (Å²) in [6.07, 6.45) is 3.01. The number of ether oxygens (including phenoxy) is 1. The Kier molecular flexibility index (Phi) is 5.03. The lowest BCUT2D eigenvalue weighted by molar-refractivity contribution is 0.311. The predicted molar refractivity (Wildman–Crippen MR) is 107 cm³/mol. The van der Waals surface area contributed by atoms with Gasteiger partial charge in [0.2, 0.25) is 0 Å². The molecular formula is C22H23N3O2. The summed E-state index contributed by atoms with van der Waals surface area (Å²) < 4.78 is 5.25. The Balaban J connectivity index is 1.88. The third-order valence-electron chi connectivity index (χ3n) is 4.90. The van der Waals surface area contributed by atoms with Crippen molar-refractivity contribution in [1.29, 1.82) is 0 Å². The largest absolute Gasteiger partial charge is 0.497 e. The molecule has 0 amide bonds. The van der Waals surface area contributed by atoms with E-state index in [9.17, 15) is 5.11 Å². The zero-order valence-electron chi connectivity index (χ0n) is 15.4. The van der Waals surface area contributed by atoms with E-state index >= 15 is 0 Å². The molecular weight excluding hydrogens is 338 g/mol. The number of nitrogens with zero attached hydrogens (tertiary/aromatic N) is 2. The van der Waals surface area contributed by atoms with Crippen molar-refractivity contribution in [3.05, 3.63) is 59.7 Å².